The third-order valence-electron chi connectivity index (χ3n) is 5.82. The molecule has 1 aromatic heterocycles. The fourth-order valence-electron chi connectivity index (χ4n) is 3.91. The molecule has 1 heterocycles. The number of hydrazone groups is 1. The molecule has 1 fully saturated rings. The van der Waals surface area contributed by atoms with Crippen LogP contribution in [0.3, 0.4) is 0 Å². The van der Waals surface area contributed by atoms with Gasteiger partial charge < -0.3 is 9.15 Å². The van der Waals surface area contributed by atoms with Crippen LogP contribution in [0, 0.1) is 17.3 Å². The molecule has 6 nitrogen and oxygen atoms in total. The molecule has 1 saturated carbocycles. The molecule has 3 aromatic rings. The number of rotatable bonds is 8. The number of benzene rings is 2. The van der Waals surface area contributed by atoms with Gasteiger partial charge in [0, 0.05) is 11.3 Å². The minimum atomic E-state index is -0.221. The Balaban J connectivity index is 1.40. The van der Waals surface area contributed by atoms with E-state index in [-0.39, 0.29) is 27.6 Å². The van der Waals surface area contributed by atoms with Crippen LogP contribution in [-0.2, 0) is 10.5 Å². The van der Waals surface area contributed by atoms with Crippen molar-refractivity contribution in [2.75, 3.05) is 7.11 Å². The molecule has 2 aromatic carbocycles. The summed E-state index contributed by atoms with van der Waals surface area (Å²) in [5.41, 5.74) is 5.80. The number of amides is 1. The predicted octanol–water partition coefficient (Wildman–Crippen LogP) is 6.17. The number of halogens is 2. The van der Waals surface area contributed by atoms with E-state index in [2.05, 4.69) is 15.5 Å². The number of ether oxygens (including phenoxy) is 1. The molecule has 0 bridgehead atoms. The number of fused-ring (bicyclic) bond motifs is 1. The average molecular weight is 504 g/mol. The Bertz CT molecular complexity index is 1200. The fraction of sp³-hybridized carbons (Fsp3) is 0.292. The average Bonchev–Trinajstić information content (AvgIpc) is 3.11. The minimum Gasteiger partial charge on any atom is -0.496 e. The number of para-hydroxylation sites is 2. The van der Waals surface area contributed by atoms with Crippen molar-refractivity contribution < 1.29 is 13.9 Å². The van der Waals surface area contributed by atoms with Gasteiger partial charge in [-0.15, -0.1) is 0 Å². The summed E-state index contributed by atoms with van der Waals surface area (Å²) in [6.45, 7) is 4.01. The first-order chi connectivity index (χ1) is 15.8. The maximum Gasteiger partial charge on any atom is 0.257 e. The smallest absolute Gasteiger partial charge is 0.257 e. The Labute approximate surface area is 206 Å². The van der Waals surface area contributed by atoms with Crippen molar-refractivity contribution in [3.8, 4) is 5.75 Å². The van der Waals surface area contributed by atoms with Crippen molar-refractivity contribution >= 4 is 58.2 Å². The lowest BCUT2D eigenvalue weighted by Crippen LogP contribution is -2.21. The third-order valence-corrected chi connectivity index (χ3v) is 6.95. The molecule has 33 heavy (non-hydrogen) atoms. The molecule has 0 spiro atoms. The fourth-order valence-corrected chi connectivity index (χ4v) is 5.00. The Kier molecular flexibility index (Phi) is 7.02. The predicted molar refractivity (Wildman–Crippen MR) is 133 cm³/mol. The van der Waals surface area contributed by atoms with E-state index in [1.54, 1.807) is 19.4 Å². The number of nitrogens with one attached hydrogen (secondary N) is 1. The number of methoxy groups -OCH3 is 1. The normalized spacial score (nSPS) is 18.9. The molecule has 1 N–H and O–H groups in total. The van der Waals surface area contributed by atoms with Gasteiger partial charge in [-0.1, -0.05) is 60.9 Å². The zero-order chi connectivity index (χ0) is 23.6. The monoisotopic (exact) mass is 503 g/mol. The maximum absolute atomic E-state index is 12.5. The van der Waals surface area contributed by atoms with Crippen molar-refractivity contribution in [1.82, 2.24) is 10.4 Å². The molecule has 4 rings (SSSR count). The Hall–Kier alpha value is -2.48. The molecule has 1 amide bonds. The number of hydrogen-bond donors (Lipinski definition) is 1. The molecule has 0 aliphatic heterocycles. The quantitative estimate of drug-likeness (QED) is 0.226. The summed E-state index contributed by atoms with van der Waals surface area (Å²) in [5.74, 6) is 0.975. The number of nitrogens with zero attached hydrogens (tertiary/aromatic N) is 2. The summed E-state index contributed by atoms with van der Waals surface area (Å²) in [6, 6.07) is 13.4. The van der Waals surface area contributed by atoms with Gasteiger partial charge in [-0.05, 0) is 53.3 Å². The van der Waals surface area contributed by atoms with E-state index in [0.29, 0.717) is 11.0 Å². The van der Waals surface area contributed by atoms with Crippen LogP contribution in [0.4, 0.5) is 0 Å². The molecule has 0 radical (unpaired) electrons. The van der Waals surface area contributed by atoms with Gasteiger partial charge in [0.15, 0.2) is 5.58 Å². The van der Waals surface area contributed by atoms with Gasteiger partial charge in [0.05, 0.1) is 19.2 Å². The molecule has 2 atom stereocenters. The molecule has 172 valence electrons. The summed E-state index contributed by atoms with van der Waals surface area (Å²) in [5, 5.41) is 4.73. The molecule has 1 aliphatic rings. The largest absolute Gasteiger partial charge is 0.496 e. The molecule has 0 unspecified atom stereocenters. The van der Waals surface area contributed by atoms with E-state index in [1.807, 2.05) is 56.3 Å². The molecule has 0 saturated heterocycles. The number of carbonyl (C=O) groups is 1. The lowest BCUT2D eigenvalue weighted by molar-refractivity contribution is -0.123. The highest BCUT2D eigenvalue weighted by Gasteiger charge is 2.60. The molecular weight excluding hydrogens is 481 g/mol. The summed E-state index contributed by atoms with van der Waals surface area (Å²) in [4.78, 5) is 17.0. The van der Waals surface area contributed by atoms with Gasteiger partial charge in [-0.2, -0.15) is 5.10 Å². The van der Waals surface area contributed by atoms with Crippen molar-refractivity contribution in [3.63, 3.8) is 0 Å². The third kappa shape index (κ3) is 5.37. The van der Waals surface area contributed by atoms with Crippen LogP contribution in [0.25, 0.3) is 11.1 Å². The van der Waals surface area contributed by atoms with Crippen molar-refractivity contribution in [2.24, 2.45) is 22.4 Å². The van der Waals surface area contributed by atoms with Crippen molar-refractivity contribution in [3.05, 3.63) is 64.2 Å². The first-order valence-electron chi connectivity index (χ1n) is 10.3. The summed E-state index contributed by atoms with van der Waals surface area (Å²) < 4.78 is 11.4. The number of carbonyl (C=O) groups excluding carboxylic acids is 1. The standard InChI is InChI=1S/C24H23Cl2N3O3S/c1-24(2)16(11-20(25)26)21(24)22(30)29-27-12-14-8-9-18(31-3)15(10-14)13-33-23-28-17-6-4-5-7-19(17)32-23/h4-12,16,21H,13H2,1-3H3,(H,29,30)/b27-12-/t16-,21+/m0/s1. The van der Waals surface area contributed by atoms with Gasteiger partial charge in [-0.25, -0.2) is 10.4 Å². The highest BCUT2D eigenvalue weighted by atomic mass is 35.5. The second-order valence-electron chi connectivity index (χ2n) is 8.32. The number of aromatic nitrogens is 1. The SMILES string of the molecule is COc1ccc(/C=N\NC(=O)[C@H]2[C@H](C=C(Cl)Cl)C2(C)C)cc1CSc1nc2ccccc2o1. The lowest BCUT2D eigenvalue weighted by Gasteiger charge is -2.08. The summed E-state index contributed by atoms with van der Waals surface area (Å²) >= 11 is 13.0. The topological polar surface area (TPSA) is 76.7 Å². The van der Waals surface area contributed by atoms with Crippen LogP contribution in [0.5, 0.6) is 5.75 Å². The van der Waals surface area contributed by atoms with E-state index >= 15 is 0 Å². The van der Waals surface area contributed by atoms with Crippen LogP contribution in [-0.4, -0.2) is 24.2 Å². The van der Waals surface area contributed by atoms with Crippen molar-refractivity contribution in [2.45, 2.75) is 24.8 Å². The first kappa shape index (κ1) is 23.7. The number of oxazole rings is 1. The number of thioether (sulfide) groups is 1. The van der Waals surface area contributed by atoms with Crippen LogP contribution in [0.2, 0.25) is 0 Å². The number of allylic oxidation sites excluding steroid dienone is 1. The maximum atomic E-state index is 12.5. The van der Waals surface area contributed by atoms with Crippen LogP contribution in [0.1, 0.15) is 25.0 Å². The van der Waals surface area contributed by atoms with E-state index < -0.39 is 0 Å². The van der Waals surface area contributed by atoms with Crippen molar-refractivity contribution in [1.29, 1.82) is 0 Å². The van der Waals surface area contributed by atoms with Gasteiger partial charge in [0.25, 0.3) is 5.22 Å². The molecule has 9 heteroatoms. The zero-order valence-electron chi connectivity index (χ0n) is 18.3. The zero-order valence-corrected chi connectivity index (χ0v) is 20.7. The molecular formula is C24H23Cl2N3O3S. The highest BCUT2D eigenvalue weighted by molar-refractivity contribution is 7.98. The highest BCUT2D eigenvalue weighted by Crippen LogP contribution is 2.59. The van der Waals surface area contributed by atoms with E-state index in [0.717, 1.165) is 28.0 Å². The van der Waals surface area contributed by atoms with E-state index in [4.69, 9.17) is 32.4 Å². The van der Waals surface area contributed by atoms with Gasteiger partial charge in [-0.3, -0.25) is 4.79 Å². The molecule has 1 aliphatic carbocycles. The Morgan fingerprint density at radius 1 is 1.30 bits per heavy atom. The summed E-state index contributed by atoms with van der Waals surface area (Å²) in [7, 11) is 1.63. The van der Waals surface area contributed by atoms with Crippen LogP contribution >= 0.6 is 35.0 Å². The van der Waals surface area contributed by atoms with Crippen LogP contribution < -0.4 is 10.2 Å². The summed E-state index contributed by atoms with van der Waals surface area (Å²) in [6.07, 6.45) is 3.32. The second-order valence-corrected chi connectivity index (χ2v) is 10.3. The van der Waals surface area contributed by atoms with Crippen LogP contribution in [0.15, 0.2) is 67.8 Å². The number of hydrogen-bond acceptors (Lipinski definition) is 6. The first-order valence-corrected chi connectivity index (χ1v) is 12.0. The second kappa shape index (κ2) is 9.79. The van der Waals surface area contributed by atoms with Gasteiger partial charge in [0.2, 0.25) is 5.91 Å². The van der Waals surface area contributed by atoms with Gasteiger partial charge in [0.1, 0.15) is 15.8 Å². The van der Waals surface area contributed by atoms with E-state index in [1.165, 1.54) is 11.8 Å². The lowest BCUT2D eigenvalue weighted by atomic mass is 10.1. The Morgan fingerprint density at radius 2 is 2.09 bits per heavy atom. The van der Waals surface area contributed by atoms with E-state index in [9.17, 15) is 4.79 Å². The van der Waals surface area contributed by atoms with Gasteiger partial charge >= 0.3 is 0 Å². The minimum absolute atomic E-state index is 0.00540. The Morgan fingerprint density at radius 3 is 2.82 bits per heavy atom.